The van der Waals surface area contributed by atoms with Crippen molar-refractivity contribution in [1.82, 2.24) is 5.43 Å². The van der Waals surface area contributed by atoms with E-state index in [-0.39, 0.29) is 11.7 Å². The minimum Gasteiger partial charge on any atom is -0.508 e. The summed E-state index contributed by atoms with van der Waals surface area (Å²) in [7, 11) is 1.57. The normalized spacial score (nSPS) is 10.7. The molecular weight excluding hydrogens is 368 g/mol. The predicted octanol–water partition coefficient (Wildman–Crippen LogP) is 4.05. The Morgan fingerprint density at radius 2 is 1.86 bits per heavy atom. The van der Waals surface area contributed by atoms with Gasteiger partial charge >= 0.3 is 0 Å². The van der Waals surface area contributed by atoms with Crippen molar-refractivity contribution in [2.75, 3.05) is 7.11 Å². The maximum Gasteiger partial charge on any atom is 0.271 e. The van der Waals surface area contributed by atoms with Gasteiger partial charge in [0.15, 0.2) is 11.5 Å². The lowest BCUT2D eigenvalue weighted by molar-refractivity contribution is 0.0955. The van der Waals surface area contributed by atoms with Gasteiger partial charge in [-0.05, 0) is 48.9 Å². The number of aromatic hydroxyl groups is 1. The van der Waals surface area contributed by atoms with Crippen LogP contribution in [0.3, 0.4) is 0 Å². The number of hydrazone groups is 1. The van der Waals surface area contributed by atoms with Gasteiger partial charge in [0.25, 0.3) is 5.91 Å². The molecule has 0 aromatic heterocycles. The molecule has 0 aliphatic carbocycles. The number of nitrogens with zero attached hydrogens (tertiary/aromatic N) is 1. The highest BCUT2D eigenvalue weighted by atomic mass is 16.5. The van der Waals surface area contributed by atoms with E-state index in [2.05, 4.69) is 16.6 Å². The van der Waals surface area contributed by atoms with Gasteiger partial charge in [-0.2, -0.15) is 5.10 Å². The molecule has 0 heterocycles. The summed E-state index contributed by atoms with van der Waals surface area (Å²) in [4.78, 5) is 12.1. The second kappa shape index (κ2) is 9.41. The van der Waals surface area contributed by atoms with Crippen LogP contribution in [0.25, 0.3) is 0 Å². The standard InChI is InChI=1S/C23H22N2O4/c1-16-5-3-6-17(13-16)15-29-22-19(7-4-8-21(22)28-2)14-24-25-23(27)18-9-11-20(26)12-10-18/h3-14,26H,15H2,1-2H3,(H,25,27)/b24-14+. The van der Waals surface area contributed by atoms with Crippen LogP contribution in [0, 0.1) is 6.92 Å². The molecule has 0 spiro atoms. The zero-order valence-electron chi connectivity index (χ0n) is 16.3. The minimum atomic E-state index is -0.383. The van der Waals surface area contributed by atoms with Crippen LogP contribution < -0.4 is 14.9 Å². The molecule has 0 saturated carbocycles. The molecule has 1 amide bonds. The van der Waals surface area contributed by atoms with Crippen molar-refractivity contribution < 1.29 is 19.4 Å². The quantitative estimate of drug-likeness (QED) is 0.471. The SMILES string of the molecule is COc1cccc(/C=N/NC(=O)c2ccc(O)cc2)c1OCc1cccc(C)c1. The van der Waals surface area contributed by atoms with Crippen LogP contribution in [0.5, 0.6) is 17.2 Å². The molecule has 0 saturated heterocycles. The van der Waals surface area contributed by atoms with E-state index < -0.39 is 0 Å². The number of nitrogens with one attached hydrogen (secondary N) is 1. The number of rotatable bonds is 7. The van der Waals surface area contributed by atoms with Gasteiger partial charge in [0, 0.05) is 11.1 Å². The Morgan fingerprint density at radius 1 is 1.10 bits per heavy atom. The molecule has 2 N–H and O–H groups in total. The van der Waals surface area contributed by atoms with Crippen molar-refractivity contribution in [1.29, 1.82) is 0 Å². The van der Waals surface area contributed by atoms with E-state index in [1.165, 1.54) is 30.5 Å². The first-order valence-corrected chi connectivity index (χ1v) is 9.04. The van der Waals surface area contributed by atoms with Crippen molar-refractivity contribution in [2.45, 2.75) is 13.5 Å². The lowest BCUT2D eigenvalue weighted by Gasteiger charge is -2.13. The Kier molecular flexibility index (Phi) is 6.47. The Bertz CT molecular complexity index is 1010. The molecule has 0 unspecified atom stereocenters. The summed E-state index contributed by atoms with van der Waals surface area (Å²) in [5.41, 5.74) is 5.72. The number of phenolic OH excluding ortho intramolecular Hbond substituents is 1. The van der Waals surface area contributed by atoms with Crippen molar-refractivity contribution >= 4 is 12.1 Å². The number of benzene rings is 3. The molecule has 0 atom stereocenters. The highest BCUT2D eigenvalue weighted by Gasteiger charge is 2.10. The number of ether oxygens (including phenoxy) is 2. The second-order valence-corrected chi connectivity index (χ2v) is 6.40. The topological polar surface area (TPSA) is 80.2 Å². The summed E-state index contributed by atoms with van der Waals surface area (Å²) in [5, 5.41) is 13.3. The van der Waals surface area contributed by atoms with Crippen molar-refractivity contribution in [3.05, 3.63) is 89.0 Å². The number of phenols is 1. The van der Waals surface area contributed by atoms with E-state index in [1.54, 1.807) is 13.2 Å². The first-order chi connectivity index (χ1) is 14.1. The number of carbonyl (C=O) groups excluding carboxylic acids is 1. The van der Waals surface area contributed by atoms with Crippen LogP contribution in [-0.4, -0.2) is 24.3 Å². The largest absolute Gasteiger partial charge is 0.508 e. The zero-order chi connectivity index (χ0) is 20.6. The maximum absolute atomic E-state index is 12.1. The number of methoxy groups -OCH3 is 1. The fraction of sp³-hybridized carbons (Fsp3) is 0.130. The molecule has 0 aliphatic heterocycles. The van der Waals surface area contributed by atoms with Gasteiger partial charge < -0.3 is 14.6 Å². The van der Waals surface area contributed by atoms with Crippen molar-refractivity contribution in [3.8, 4) is 17.2 Å². The lowest BCUT2D eigenvalue weighted by atomic mass is 10.1. The molecule has 0 radical (unpaired) electrons. The van der Waals surface area contributed by atoms with Crippen LogP contribution in [0.1, 0.15) is 27.0 Å². The Balaban J connectivity index is 1.73. The summed E-state index contributed by atoms with van der Waals surface area (Å²) in [6, 6.07) is 19.4. The van der Waals surface area contributed by atoms with Crippen LogP contribution in [0.15, 0.2) is 71.8 Å². The third-order valence-electron chi connectivity index (χ3n) is 4.19. The van der Waals surface area contributed by atoms with Crippen LogP contribution >= 0.6 is 0 Å². The fourth-order valence-electron chi connectivity index (χ4n) is 2.74. The molecular formula is C23H22N2O4. The van der Waals surface area contributed by atoms with E-state index in [9.17, 15) is 9.90 Å². The molecule has 3 rings (SSSR count). The highest BCUT2D eigenvalue weighted by molar-refractivity contribution is 5.95. The fourth-order valence-corrected chi connectivity index (χ4v) is 2.74. The number of para-hydroxylation sites is 1. The highest BCUT2D eigenvalue weighted by Crippen LogP contribution is 2.30. The second-order valence-electron chi connectivity index (χ2n) is 6.40. The number of hydrogen-bond donors (Lipinski definition) is 2. The third-order valence-corrected chi connectivity index (χ3v) is 4.19. The van der Waals surface area contributed by atoms with Crippen LogP contribution in [0.4, 0.5) is 0 Å². The van der Waals surface area contributed by atoms with Gasteiger partial charge in [-0.15, -0.1) is 0 Å². The van der Waals surface area contributed by atoms with Crippen molar-refractivity contribution in [3.63, 3.8) is 0 Å². The molecule has 29 heavy (non-hydrogen) atoms. The van der Waals surface area contributed by atoms with Gasteiger partial charge in [0.1, 0.15) is 12.4 Å². The monoisotopic (exact) mass is 390 g/mol. The van der Waals surface area contributed by atoms with E-state index >= 15 is 0 Å². The number of hydrogen-bond acceptors (Lipinski definition) is 5. The predicted molar refractivity (Wildman–Crippen MR) is 112 cm³/mol. The average molecular weight is 390 g/mol. The van der Waals surface area contributed by atoms with Crippen LogP contribution in [-0.2, 0) is 6.61 Å². The smallest absolute Gasteiger partial charge is 0.271 e. The molecule has 6 nitrogen and oxygen atoms in total. The Morgan fingerprint density at radius 3 is 2.59 bits per heavy atom. The molecule has 148 valence electrons. The van der Waals surface area contributed by atoms with Gasteiger partial charge in [0.2, 0.25) is 0 Å². The van der Waals surface area contributed by atoms with Crippen molar-refractivity contribution in [2.24, 2.45) is 5.10 Å². The number of amides is 1. The molecule has 6 heteroatoms. The minimum absolute atomic E-state index is 0.0943. The summed E-state index contributed by atoms with van der Waals surface area (Å²) < 4.78 is 11.4. The third kappa shape index (κ3) is 5.35. The first kappa shape index (κ1) is 19.9. The summed E-state index contributed by atoms with van der Waals surface area (Å²) >= 11 is 0. The van der Waals surface area contributed by atoms with Gasteiger partial charge in [-0.3, -0.25) is 4.79 Å². The maximum atomic E-state index is 12.1. The Hall–Kier alpha value is -3.80. The number of aryl methyl sites for hydroxylation is 1. The van der Waals surface area contributed by atoms with E-state index in [0.717, 1.165) is 11.1 Å². The summed E-state index contributed by atoms with van der Waals surface area (Å²) in [6.45, 7) is 2.41. The summed E-state index contributed by atoms with van der Waals surface area (Å²) in [5.74, 6) is 0.828. The average Bonchev–Trinajstić information content (AvgIpc) is 2.73. The lowest BCUT2D eigenvalue weighted by Crippen LogP contribution is -2.17. The number of carbonyl (C=O) groups is 1. The molecule has 3 aromatic carbocycles. The molecule has 0 aliphatic rings. The first-order valence-electron chi connectivity index (χ1n) is 9.04. The Labute approximate surface area is 169 Å². The van der Waals surface area contributed by atoms with E-state index in [4.69, 9.17) is 9.47 Å². The van der Waals surface area contributed by atoms with Gasteiger partial charge in [0.05, 0.1) is 13.3 Å². The zero-order valence-corrected chi connectivity index (χ0v) is 16.3. The molecule has 0 bridgehead atoms. The van der Waals surface area contributed by atoms with Gasteiger partial charge in [-0.25, -0.2) is 5.43 Å². The molecule has 3 aromatic rings. The summed E-state index contributed by atoms with van der Waals surface area (Å²) in [6.07, 6.45) is 1.51. The molecule has 0 fully saturated rings. The van der Waals surface area contributed by atoms with E-state index in [0.29, 0.717) is 29.2 Å². The van der Waals surface area contributed by atoms with Crippen LogP contribution in [0.2, 0.25) is 0 Å². The van der Waals surface area contributed by atoms with Gasteiger partial charge in [-0.1, -0.05) is 35.9 Å². The van der Waals surface area contributed by atoms with E-state index in [1.807, 2.05) is 37.3 Å².